The average molecular weight is 527 g/mol. The SMILES string of the molecule is Cc1ccc2c(c1)[C@@]1(C)CCC[C@](C)(C(=O)NC(=O)[C@@]3(C)CCC[C@]4(C)c5cc(N)ccc5CC[C@@H]34)[C@@H]1CC2. The number of hydrogen-bond donors (Lipinski definition) is 2. The number of hydrogen-bond acceptors (Lipinski definition) is 3. The molecule has 4 nitrogen and oxygen atoms in total. The molecular formula is C35H46N2O2. The van der Waals surface area contributed by atoms with Gasteiger partial charge in [-0.3, -0.25) is 14.9 Å². The highest BCUT2D eigenvalue weighted by Crippen LogP contribution is 2.59. The zero-order valence-electron chi connectivity index (χ0n) is 24.6. The summed E-state index contributed by atoms with van der Waals surface area (Å²) in [4.78, 5) is 28.4. The van der Waals surface area contributed by atoms with Crippen LogP contribution < -0.4 is 11.1 Å². The number of nitrogens with two attached hydrogens (primary N) is 1. The quantitative estimate of drug-likeness (QED) is 0.329. The topological polar surface area (TPSA) is 72.2 Å². The summed E-state index contributed by atoms with van der Waals surface area (Å²) < 4.78 is 0. The highest BCUT2D eigenvalue weighted by atomic mass is 16.2. The third-order valence-electron chi connectivity index (χ3n) is 12.2. The van der Waals surface area contributed by atoms with Crippen LogP contribution in [-0.4, -0.2) is 11.8 Å². The number of amides is 2. The second kappa shape index (κ2) is 8.94. The predicted molar refractivity (Wildman–Crippen MR) is 157 cm³/mol. The summed E-state index contributed by atoms with van der Waals surface area (Å²) in [7, 11) is 0. The van der Waals surface area contributed by atoms with Gasteiger partial charge in [0.25, 0.3) is 0 Å². The van der Waals surface area contributed by atoms with E-state index in [1.54, 1.807) is 0 Å². The van der Waals surface area contributed by atoms with Gasteiger partial charge in [0.2, 0.25) is 11.8 Å². The highest BCUT2D eigenvalue weighted by molar-refractivity contribution is 6.00. The van der Waals surface area contributed by atoms with Crippen molar-refractivity contribution >= 4 is 17.5 Å². The summed E-state index contributed by atoms with van der Waals surface area (Å²) in [5, 5.41) is 3.07. The summed E-state index contributed by atoms with van der Waals surface area (Å²) in [5.41, 5.74) is 12.6. The summed E-state index contributed by atoms with van der Waals surface area (Å²) in [6, 6.07) is 13.2. The van der Waals surface area contributed by atoms with E-state index >= 15 is 0 Å². The van der Waals surface area contributed by atoms with E-state index in [0.29, 0.717) is 0 Å². The third-order valence-corrected chi connectivity index (χ3v) is 12.2. The molecule has 0 aliphatic heterocycles. The summed E-state index contributed by atoms with van der Waals surface area (Å²) >= 11 is 0. The molecule has 2 amide bonds. The van der Waals surface area contributed by atoms with Crippen molar-refractivity contribution in [3.63, 3.8) is 0 Å². The van der Waals surface area contributed by atoms with Crippen molar-refractivity contribution in [2.45, 2.75) is 110 Å². The Hall–Kier alpha value is -2.62. The van der Waals surface area contributed by atoms with E-state index in [1.165, 1.54) is 27.8 Å². The number of benzene rings is 2. The Labute approximate surface area is 234 Å². The van der Waals surface area contributed by atoms with Gasteiger partial charge in [-0.1, -0.05) is 70.4 Å². The van der Waals surface area contributed by atoms with Crippen LogP contribution >= 0.6 is 0 Å². The van der Waals surface area contributed by atoms with Gasteiger partial charge in [-0.2, -0.15) is 0 Å². The highest BCUT2D eigenvalue weighted by Gasteiger charge is 2.58. The van der Waals surface area contributed by atoms with Crippen LogP contribution in [0.25, 0.3) is 0 Å². The van der Waals surface area contributed by atoms with Gasteiger partial charge in [0.15, 0.2) is 0 Å². The zero-order chi connectivity index (χ0) is 27.8. The van der Waals surface area contributed by atoms with Crippen molar-refractivity contribution in [1.29, 1.82) is 0 Å². The van der Waals surface area contributed by atoms with Crippen LogP contribution in [0.15, 0.2) is 36.4 Å². The molecule has 2 aromatic carbocycles. The zero-order valence-corrected chi connectivity index (χ0v) is 24.6. The molecule has 2 fully saturated rings. The predicted octanol–water partition coefficient (Wildman–Crippen LogP) is 6.94. The summed E-state index contributed by atoms with van der Waals surface area (Å²) in [6.45, 7) is 11.1. The first kappa shape index (κ1) is 26.6. The maximum Gasteiger partial charge on any atom is 0.232 e. The van der Waals surface area contributed by atoms with Crippen LogP contribution in [0, 0.1) is 29.6 Å². The smallest absolute Gasteiger partial charge is 0.232 e. The van der Waals surface area contributed by atoms with Crippen LogP contribution in [0.1, 0.15) is 107 Å². The van der Waals surface area contributed by atoms with E-state index in [0.717, 1.165) is 69.9 Å². The number of nitrogen functional groups attached to an aromatic ring is 1. The number of nitrogens with one attached hydrogen (secondary N) is 1. The van der Waals surface area contributed by atoms with Crippen molar-refractivity contribution in [2.75, 3.05) is 5.73 Å². The minimum absolute atomic E-state index is 0.0344. The maximum absolute atomic E-state index is 14.2. The van der Waals surface area contributed by atoms with Gasteiger partial charge in [0.05, 0.1) is 10.8 Å². The second-order valence-corrected chi connectivity index (χ2v) is 14.4. The molecule has 0 spiro atoms. The van der Waals surface area contributed by atoms with Crippen LogP contribution in [-0.2, 0) is 33.3 Å². The number of fused-ring (bicyclic) bond motifs is 6. The maximum atomic E-state index is 14.2. The van der Waals surface area contributed by atoms with Crippen molar-refractivity contribution in [3.05, 3.63) is 64.2 Å². The molecule has 0 saturated heterocycles. The fraction of sp³-hybridized carbons (Fsp3) is 0.600. The van der Waals surface area contributed by atoms with E-state index in [9.17, 15) is 9.59 Å². The molecule has 208 valence electrons. The number of anilines is 1. The van der Waals surface area contributed by atoms with Gasteiger partial charge < -0.3 is 5.73 Å². The first-order valence-corrected chi connectivity index (χ1v) is 15.3. The first-order chi connectivity index (χ1) is 18.4. The lowest BCUT2D eigenvalue weighted by molar-refractivity contribution is -0.150. The van der Waals surface area contributed by atoms with Crippen LogP contribution in [0.5, 0.6) is 0 Å². The lowest BCUT2D eigenvalue weighted by Crippen LogP contribution is -2.60. The number of carbonyl (C=O) groups excluding carboxylic acids is 2. The van der Waals surface area contributed by atoms with Crippen molar-refractivity contribution in [3.8, 4) is 0 Å². The molecule has 39 heavy (non-hydrogen) atoms. The fourth-order valence-electron chi connectivity index (χ4n) is 9.98. The Morgan fingerprint density at radius 2 is 1.23 bits per heavy atom. The molecule has 2 saturated carbocycles. The number of imide groups is 1. The van der Waals surface area contributed by atoms with Crippen LogP contribution in [0.2, 0.25) is 0 Å². The molecule has 0 bridgehead atoms. The van der Waals surface area contributed by atoms with Gasteiger partial charge >= 0.3 is 0 Å². The normalized spacial score (nSPS) is 37.1. The molecule has 6 rings (SSSR count). The molecule has 2 aromatic rings. The van der Waals surface area contributed by atoms with Gasteiger partial charge in [0, 0.05) is 5.69 Å². The second-order valence-electron chi connectivity index (χ2n) is 14.4. The van der Waals surface area contributed by atoms with Crippen molar-refractivity contribution in [2.24, 2.45) is 22.7 Å². The Morgan fingerprint density at radius 3 is 1.77 bits per heavy atom. The van der Waals surface area contributed by atoms with E-state index in [1.807, 2.05) is 6.07 Å². The molecule has 4 aliphatic rings. The molecule has 6 atom stereocenters. The third kappa shape index (κ3) is 3.84. The monoisotopic (exact) mass is 526 g/mol. The molecule has 0 heterocycles. The Kier molecular flexibility index (Phi) is 6.10. The average Bonchev–Trinajstić information content (AvgIpc) is 2.89. The number of rotatable bonds is 2. The first-order valence-electron chi connectivity index (χ1n) is 15.3. The minimum Gasteiger partial charge on any atom is -0.399 e. The van der Waals surface area contributed by atoms with E-state index < -0.39 is 10.8 Å². The fourth-order valence-corrected chi connectivity index (χ4v) is 9.98. The summed E-state index contributed by atoms with van der Waals surface area (Å²) in [6.07, 6.45) is 9.76. The van der Waals surface area contributed by atoms with Gasteiger partial charge in [-0.05, 0) is 115 Å². The Bertz CT molecular complexity index is 1250. The molecule has 4 heteroatoms. The lowest BCUT2D eigenvalue weighted by Gasteiger charge is -2.56. The Balaban J connectivity index is 1.28. The molecule has 3 N–H and O–H groups in total. The molecule has 0 unspecified atom stereocenters. The number of aryl methyl sites for hydroxylation is 3. The van der Waals surface area contributed by atoms with Crippen LogP contribution in [0.4, 0.5) is 5.69 Å². The van der Waals surface area contributed by atoms with E-state index in [-0.39, 0.29) is 34.5 Å². The molecule has 4 aliphatic carbocycles. The van der Waals surface area contributed by atoms with Gasteiger partial charge in [0.1, 0.15) is 0 Å². The standard InChI is InChI=1S/C35H46N2O2/c1-22-8-9-23-11-14-28-32(2,26(23)20-22)16-6-18-34(28,4)30(38)37-31(39)35(5)19-7-17-33(3)27-21-25(36)13-10-24(27)12-15-29(33)35/h8-10,13,20-21,28-29H,6-7,11-12,14-19,36H2,1-5H3,(H,37,38,39)/t28-,29-,32-,33-,34+,35+/m1/s1. The molecule has 0 radical (unpaired) electrons. The lowest BCUT2D eigenvalue weighted by atomic mass is 9.49. The van der Waals surface area contributed by atoms with E-state index in [2.05, 4.69) is 70.3 Å². The van der Waals surface area contributed by atoms with Crippen molar-refractivity contribution in [1.82, 2.24) is 5.32 Å². The van der Waals surface area contributed by atoms with E-state index in [4.69, 9.17) is 5.73 Å². The van der Waals surface area contributed by atoms with Crippen LogP contribution in [0.3, 0.4) is 0 Å². The molecule has 0 aromatic heterocycles. The minimum atomic E-state index is -0.574. The Morgan fingerprint density at radius 1 is 0.744 bits per heavy atom. The van der Waals surface area contributed by atoms with Gasteiger partial charge in [-0.15, -0.1) is 0 Å². The molecular weight excluding hydrogens is 480 g/mol. The largest absolute Gasteiger partial charge is 0.399 e. The van der Waals surface area contributed by atoms with Crippen molar-refractivity contribution < 1.29 is 9.59 Å². The van der Waals surface area contributed by atoms with Gasteiger partial charge in [-0.25, -0.2) is 0 Å². The summed E-state index contributed by atoms with van der Waals surface area (Å²) in [5.74, 6) is 0.314. The number of carbonyl (C=O) groups is 2.